The summed E-state index contributed by atoms with van der Waals surface area (Å²) >= 11 is 7.09. The molecule has 14 heteroatoms. The first-order valence-electron chi connectivity index (χ1n) is 11.8. The molecule has 2 aromatic rings. The van der Waals surface area contributed by atoms with Crippen LogP contribution in [0.4, 0.5) is 9.52 Å². The van der Waals surface area contributed by atoms with E-state index in [-0.39, 0.29) is 52.8 Å². The second kappa shape index (κ2) is 13.0. The molecule has 0 unspecified atom stereocenters. The maximum atomic E-state index is 12.8. The summed E-state index contributed by atoms with van der Waals surface area (Å²) < 4.78 is 23.5. The largest absolute Gasteiger partial charge is 0.462 e. The number of hydrogen-bond donors (Lipinski definition) is 3. The number of aryl methyl sites for hydroxylation is 1. The molecule has 2 atom stereocenters. The molecule has 3 rings (SSSR count). The topological polar surface area (TPSA) is 139 Å². The molecule has 0 aliphatic carbocycles. The van der Waals surface area contributed by atoms with Gasteiger partial charge in [0.05, 0.1) is 24.4 Å². The highest BCUT2D eigenvalue weighted by Gasteiger charge is 2.34. The second-order valence-electron chi connectivity index (χ2n) is 7.86. The number of aromatic nitrogens is 3. The van der Waals surface area contributed by atoms with Crippen LogP contribution in [-0.4, -0.2) is 84.4 Å². The maximum absolute atomic E-state index is 12.8. The zero-order chi connectivity index (χ0) is 26.2. The van der Waals surface area contributed by atoms with Crippen LogP contribution in [0.1, 0.15) is 63.7 Å². The summed E-state index contributed by atoms with van der Waals surface area (Å²) in [4.78, 5) is 51.1. The molecule has 2 aromatic heterocycles. The fraction of sp³-hybridized carbons (Fsp3) is 0.591. The van der Waals surface area contributed by atoms with E-state index in [1.165, 1.54) is 0 Å². The number of anilines is 1. The van der Waals surface area contributed by atoms with Gasteiger partial charge in [0.25, 0.3) is 11.8 Å². The van der Waals surface area contributed by atoms with Crippen LogP contribution in [-0.2, 0) is 15.9 Å². The summed E-state index contributed by atoms with van der Waals surface area (Å²) in [7, 11) is 0. The van der Waals surface area contributed by atoms with Crippen molar-refractivity contribution < 1.29 is 28.2 Å². The Kier molecular flexibility index (Phi) is 10.0. The van der Waals surface area contributed by atoms with Gasteiger partial charge < -0.3 is 30.0 Å². The Hall–Kier alpha value is -2.77. The van der Waals surface area contributed by atoms with Crippen molar-refractivity contribution in [3.8, 4) is 0 Å². The number of H-pyrrole nitrogens is 1. The molecule has 0 spiro atoms. The predicted octanol–water partition coefficient (Wildman–Crippen LogP) is 2.37. The van der Waals surface area contributed by atoms with E-state index in [0.717, 1.165) is 11.3 Å². The normalized spacial score (nSPS) is 17.6. The number of amides is 2. The van der Waals surface area contributed by atoms with E-state index in [4.69, 9.17) is 21.1 Å². The smallest absolute Gasteiger partial charge is 0.350 e. The summed E-state index contributed by atoms with van der Waals surface area (Å²) in [6.45, 7) is 5.89. The summed E-state index contributed by atoms with van der Waals surface area (Å²) in [5.41, 5.74) is 0.581. The van der Waals surface area contributed by atoms with Crippen molar-refractivity contribution in [1.82, 2.24) is 25.6 Å². The Morgan fingerprint density at radius 1 is 1.22 bits per heavy atom. The quantitative estimate of drug-likeness (QED) is 0.366. The third-order valence-electron chi connectivity index (χ3n) is 5.50. The lowest BCUT2D eigenvalue weighted by molar-refractivity contribution is 0.0271. The number of carbonyl (C=O) groups excluding carboxylic acids is 3. The SMILES string of the molecule is CCOC(=O)c1sc(N2CC[C@@H](NC(=O)c3nc(Cl)c(CC)[nH]3)[C@@H](OCC)C2)nc1C(=O)NCCF. The number of alkyl halides is 1. The molecule has 1 saturated heterocycles. The van der Waals surface area contributed by atoms with Gasteiger partial charge in [-0.3, -0.25) is 9.59 Å². The highest BCUT2D eigenvalue weighted by molar-refractivity contribution is 7.17. The van der Waals surface area contributed by atoms with Crippen molar-refractivity contribution in [3.63, 3.8) is 0 Å². The second-order valence-corrected chi connectivity index (χ2v) is 9.19. The van der Waals surface area contributed by atoms with E-state index in [2.05, 4.69) is 25.6 Å². The van der Waals surface area contributed by atoms with E-state index < -0.39 is 18.6 Å². The van der Waals surface area contributed by atoms with Gasteiger partial charge in [-0.15, -0.1) is 0 Å². The van der Waals surface area contributed by atoms with Gasteiger partial charge in [0, 0.05) is 26.2 Å². The molecule has 1 aliphatic rings. The van der Waals surface area contributed by atoms with Crippen LogP contribution in [0.15, 0.2) is 0 Å². The highest BCUT2D eigenvalue weighted by atomic mass is 35.5. The van der Waals surface area contributed by atoms with Crippen LogP contribution in [0.2, 0.25) is 5.15 Å². The molecule has 0 bridgehead atoms. The summed E-state index contributed by atoms with van der Waals surface area (Å²) in [5, 5.41) is 6.07. The van der Waals surface area contributed by atoms with E-state index >= 15 is 0 Å². The number of rotatable bonds is 11. The molecule has 1 aliphatic heterocycles. The van der Waals surface area contributed by atoms with Gasteiger partial charge in [0.15, 0.2) is 21.8 Å². The number of piperidine rings is 1. The first kappa shape index (κ1) is 27.8. The van der Waals surface area contributed by atoms with Gasteiger partial charge in [-0.1, -0.05) is 29.9 Å². The Morgan fingerprint density at radius 3 is 2.64 bits per heavy atom. The zero-order valence-electron chi connectivity index (χ0n) is 20.4. The number of imidazole rings is 1. The van der Waals surface area contributed by atoms with Crippen LogP contribution in [0.25, 0.3) is 0 Å². The van der Waals surface area contributed by atoms with Crippen LogP contribution in [0.3, 0.4) is 0 Å². The minimum atomic E-state index is -0.739. The van der Waals surface area contributed by atoms with Crippen molar-refractivity contribution in [3.05, 3.63) is 27.2 Å². The van der Waals surface area contributed by atoms with Crippen LogP contribution < -0.4 is 15.5 Å². The van der Waals surface area contributed by atoms with Crippen LogP contribution >= 0.6 is 22.9 Å². The molecule has 0 radical (unpaired) electrons. The summed E-state index contributed by atoms with van der Waals surface area (Å²) in [6, 6.07) is -0.306. The van der Waals surface area contributed by atoms with Gasteiger partial charge in [-0.05, 0) is 26.7 Å². The van der Waals surface area contributed by atoms with Crippen molar-refractivity contribution in [1.29, 1.82) is 0 Å². The fourth-order valence-corrected chi connectivity index (χ4v) is 5.04. The number of thiazole rings is 1. The molecular weight excluding hydrogens is 515 g/mol. The van der Waals surface area contributed by atoms with Gasteiger partial charge >= 0.3 is 5.97 Å². The molecule has 36 heavy (non-hydrogen) atoms. The van der Waals surface area contributed by atoms with Gasteiger partial charge in [0.1, 0.15) is 11.6 Å². The maximum Gasteiger partial charge on any atom is 0.350 e. The molecular formula is C22H30ClFN6O5S. The van der Waals surface area contributed by atoms with Gasteiger partial charge in [-0.2, -0.15) is 0 Å². The number of aromatic amines is 1. The fourth-order valence-electron chi connectivity index (χ4n) is 3.78. The standard InChI is InChI=1S/C22H30ClFN6O5S/c1-4-12-17(23)29-18(26-12)20(32)27-13-7-10-30(11-14(13)34-5-2)22-28-15(19(31)25-9-8-24)16(36-22)21(33)35-6-3/h13-14H,4-11H2,1-3H3,(H,25,31)(H,26,29)(H,27,32)/t13-,14+/m1/s1. The van der Waals surface area contributed by atoms with Crippen LogP contribution in [0, 0.1) is 0 Å². The number of hydrogen-bond acceptors (Lipinski definition) is 9. The van der Waals surface area contributed by atoms with Crippen molar-refractivity contribution in [2.75, 3.05) is 44.4 Å². The van der Waals surface area contributed by atoms with E-state index in [1.807, 2.05) is 18.7 Å². The third-order valence-corrected chi connectivity index (χ3v) is 6.90. The Morgan fingerprint density at radius 2 is 2.00 bits per heavy atom. The predicted molar refractivity (Wildman–Crippen MR) is 133 cm³/mol. The molecule has 198 valence electrons. The highest BCUT2D eigenvalue weighted by Crippen LogP contribution is 2.30. The Labute approximate surface area is 217 Å². The number of esters is 1. The van der Waals surface area contributed by atoms with Crippen LogP contribution in [0.5, 0.6) is 0 Å². The minimum absolute atomic E-state index is 0.0491. The average Bonchev–Trinajstić information content (AvgIpc) is 3.48. The van der Waals surface area contributed by atoms with Gasteiger partial charge in [-0.25, -0.2) is 19.2 Å². The minimum Gasteiger partial charge on any atom is -0.462 e. The molecule has 0 aromatic carbocycles. The number of nitrogens with zero attached hydrogens (tertiary/aromatic N) is 3. The first-order chi connectivity index (χ1) is 17.3. The number of nitrogens with one attached hydrogen (secondary N) is 3. The molecule has 11 nitrogen and oxygen atoms in total. The van der Waals surface area contributed by atoms with E-state index in [9.17, 15) is 18.8 Å². The Bertz CT molecular complexity index is 1080. The number of carbonyl (C=O) groups is 3. The summed E-state index contributed by atoms with van der Waals surface area (Å²) in [6.07, 6.45) is 0.750. The molecule has 0 saturated carbocycles. The molecule has 3 N–H and O–H groups in total. The van der Waals surface area contributed by atoms with Crippen molar-refractivity contribution in [2.45, 2.75) is 45.8 Å². The van der Waals surface area contributed by atoms with Gasteiger partial charge in [0.2, 0.25) is 0 Å². The average molecular weight is 545 g/mol. The van der Waals surface area contributed by atoms with Crippen molar-refractivity contribution in [2.24, 2.45) is 0 Å². The monoisotopic (exact) mass is 544 g/mol. The lowest BCUT2D eigenvalue weighted by Gasteiger charge is -2.38. The number of halogens is 2. The van der Waals surface area contributed by atoms with Crippen molar-refractivity contribution >= 4 is 45.9 Å². The molecule has 3 heterocycles. The number of ether oxygens (including phenoxy) is 2. The third kappa shape index (κ3) is 6.51. The van der Waals surface area contributed by atoms with E-state index in [0.29, 0.717) is 43.4 Å². The first-order valence-corrected chi connectivity index (χ1v) is 13.0. The molecule has 1 fully saturated rings. The summed E-state index contributed by atoms with van der Waals surface area (Å²) in [5.74, 6) is -1.56. The molecule has 2 amide bonds. The van der Waals surface area contributed by atoms with E-state index in [1.54, 1.807) is 6.92 Å². The zero-order valence-corrected chi connectivity index (χ0v) is 21.9. The lowest BCUT2D eigenvalue weighted by atomic mass is 10.0. The lowest BCUT2D eigenvalue weighted by Crippen LogP contribution is -2.55. The Balaban J connectivity index is 1.77.